The van der Waals surface area contributed by atoms with Gasteiger partial charge in [0.1, 0.15) is 11.9 Å². The van der Waals surface area contributed by atoms with Gasteiger partial charge in [0.05, 0.1) is 4.90 Å². The molecular formula is C24H28FN3O5S. The molecule has 182 valence electrons. The molecule has 10 heteroatoms. The minimum Gasteiger partial charge on any atom is -0.454 e. The summed E-state index contributed by atoms with van der Waals surface area (Å²) in [4.78, 5) is 29.1. The molecule has 0 saturated carbocycles. The third-order valence-corrected chi connectivity index (χ3v) is 8.19. The maximum Gasteiger partial charge on any atom is 0.324 e. The van der Waals surface area contributed by atoms with Gasteiger partial charge < -0.3 is 14.5 Å². The van der Waals surface area contributed by atoms with Crippen LogP contribution in [0.25, 0.3) is 0 Å². The van der Waals surface area contributed by atoms with E-state index < -0.39 is 28.6 Å². The van der Waals surface area contributed by atoms with Crippen molar-refractivity contribution in [3.05, 3.63) is 59.9 Å². The maximum atomic E-state index is 13.1. The molecule has 1 amide bonds. The molecule has 2 aliphatic heterocycles. The molecular weight excluding hydrogens is 461 g/mol. The van der Waals surface area contributed by atoms with Gasteiger partial charge in [0, 0.05) is 38.4 Å². The Morgan fingerprint density at radius 1 is 0.971 bits per heavy atom. The van der Waals surface area contributed by atoms with Crippen LogP contribution in [-0.2, 0) is 24.3 Å². The van der Waals surface area contributed by atoms with E-state index in [9.17, 15) is 22.4 Å². The number of nitrogens with zero attached hydrogens (tertiary/aromatic N) is 3. The van der Waals surface area contributed by atoms with E-state index in [1.165, 1.54) is 28.6 Å². The first-order chi connectivity index (χ1) is 16.3. The van der Waals surface area contributed by atoms with E-state index >= 15 is 0 Å². The highest BCUT2D eigenvalue weighted by Gasteiger charge is 2.40. The number of carbonyl (C=O) groups is 2. The highest BCUT2D eigenvalue weighted by Crippen LogP contribution is 2.27. The molecule has 1 unspecified atom stereocenters. The zero-order valence-corrected chi connectivity index (χ0v) is 19.8. The molecule has 8 nitrogen and oxygen atoms in total. The molecule has 0 spiro atoms. The van der Waals surface area contributed by atoms with Crippen molar-refractivity contribution < 1.29 is 27.1 Å². The predicted molar refractivity (Wildman–Crippen MR) is 124 cm³/mol. The van der Waals surface area contributed by atoms with Gasteiger partial charge in [-0.1, -0.05) is 17.7 Å². The van der Waals surface area contributed by atoms with E-state index in [1.807, 2.05) is 6.92 Å². The van der Waals surface area contributed by atoms with E-state index in [2.05, 4.69) is 4.90 Å². The van der Waals surface area contributed by atoms with Gasteiger partial charge in [-0.15, -0.1) is 0 Å². The highest BCUT2D eigenvalue weighted by molar-refractivity contribution is 7.89. The Bertz CT molecular complexity index is 1130. The number of piperazine rings is 1. The minimum atomic E-state index is -3.84. The maximum absolute atomic E-state index is 13.1. The van der Waals surface area contributed by atoms with E-state index in [0.717, 1.165) is 11.3 Å². The van der Waals surface area contributed by atoms with Crippen molar-refractivity contribution >= 4 is 27.6 Å². The molecule has 2 aliphatic rings. The molecule has 4 rings (SSSR count). The van der Waals surface area contributed by atoms with Crippen LogP contribution in [0, 0.1) is 12.7 Å². The minimum absolute atomic E-state index is 0.132. The molecule has 0 radical (unpaired) electrons. The van der Waals surface area contributed by atoms with Crippen molar-refractivity contribution in [1.82, 2.24) is 9.21 Å². The van der Waals surface area contributed by atoms with Gasteiger partial charge in [0.25, 0.3) is 5.91 Å². The van der Waals surface area contributed by atoms with Crippen molar-refractivity contribution in [3.8, 4) is 0 Å². The van der Waals surface area contributed by atoms with Crippen LogP contribution >= 0.6 is 0 Å². The van der Waals surface area contributed by atoms with Gasteiger partial charge in [0.2, 0.25) is 10.0 Å². The van der Waals surface area contributed by atoms with Crippen molar-refractivity contribution in [3.63, 3.8) is 0 Å². The lowest BCUT2D eigenvalue weighted by atomic mass is 10.2. The number of hydrogen-bond donors (Lipinski definition) is 0. The first-order valence-corrected chi connectivity index (χ1v) is 12.7. The first-order valence-electron chi connectivity index (χ1n) is 11.3. The number of carbonyl (C=O) groups excluding carboxylic acids is 2. The molecule has 0 N–H and O–H groups in total. The van der Waals surface area contributed by atoms with Crippen LogP contribution in [0.15, 0.2) is 53.4 Å². The standard InChI is InChI=1S/C24H28FN3O5S/c1-18-4-10-21(11-5-18)34(31,32)28-12-2-3-22(28)24(30)33-17-23(29)27-15-13-26(14-16-27)20-8-6-19(25)7-9-20/h4-11,22H,2-3,12-17H2,1H3. The van der Waals surface area contributed by atoms with Crippen LogP contribution in [0.3, 0.4) is 0 Å². The number of ether oxygens (including phenoxy) is 1. The van der Waals surface area contributed by atoms with Crippen LogP contribution in [0.5, 0.6) is 0 Å². The monoisotopic (exact) mass is 489 g/mol. The number of anilines is 1. The number of aryl methyl sites for hydroxylation is 1. The van der Waals surface area contributed by atoms with Crippen LogP contribution in [-0.4, -0.2) is 74.9 Å². The second-order valence-electron chi connectivity index (χ2n) is 8.54. The van der Waals surface area contributed by atoms with E-state index in [0.29, 0.717) is 39.0 Å². The van der Waals surface area contributed by atoms with Crippen molar-refractivity contribution in [2.24, 2.45) is 0 Å². The number of amides is 1. The van der Waals surface area contributed by atoms with Crippen molar-refractivity contribution in [1.29, 1.82) is 0 Å². The van der Waals surface area contributed by atoms with E-state index in [1.54, 1.807) is 29.2 Å². The Balaban J connectivity index is 1.30. The normalized spacial score (nSPS) is 19.3. The van der Waals surface area contributed by atoms with Crippen LogP contribution in [0.2, 0.25) is 0 Å². The average molecular weight is 490 g/mol. The third-order valence-electron chi connectivity index (χ3n) is 6.27. The summed E-state index contributed by atoms with van der Waals surface area (Å²) < 4.78 is 45.6. The molecule has 0 bridgehead atoms. The second-order valence-corrected chi connectivity index (χ2v) is 10.4. The quantitative estimate of drug-likeness (QED) is 0.578. The summed E-state index contributed by atoms with van der Waals surface area (Å²) in [6.45, 7) is 3.73. The lowest BCUT2D eigenvalue weighted by Crippen LogP contribution is -2.50. The van der Waals surface area contributed by atoms with Gasteiger partial charge in [-0.3, -0.25) is 9.59 Å². The fraction of sp³-hybridized carbons (Fsp3) is 0.417. The number of rotatable bonds is 6. The largest absolute Gasteiger partial charge is 0.454 e. The fourth-order valence-electron chi connectivity index (χ4n) is 4.30. The Hall–Kier alpha value is -2.98. The molecule has 0 aliphatic carbocycles. The molecule has 2 fully saturated rings. The summed E-state index contributed by atoms with van der Waals surface area (Å²) in [5, 5.41) is 0. The van der Waals surface area contributed by atoms with Crippen molar-refractivity contribution in [2.75, 3.05) is 44.2 Å². The molecule has 2 saturated heterocycles. The van der Waals surface area contributed by atoms with Gasteiger partial charge in [0.15, 0.2) is 6.61 Å². The second kappa shape index (κ2) is 10.1. The molecule has 2 aromatic carbocycles. The van der Waals surface area contributed by atoms with Gasteiger partial charge in [-0.25, -0.2) is 12.8 Å². The zero-order chi connectivity index (χ0) is 24.3. The summed E-state index contributed by atoms with van der Waals surface area (Å²) in [5.41, 5.74) is 1.82. The Morgan fingerprint density at radius 3 is 2.26 bits per heavy atom. The third kappa shape index (κ3) is 5.23. The van der Waals surface area contributed by atoms with Gasteiger partial charge in [-0.2, -0.15) is 4.31 Å². The fourth-order valence-corrected chi connectivity index (χ4v) is 5.94. The Kier molecular flexibility index (Phi) is 7.18. The number of benzene rings is 2. The summed E-state index contributed by atoms with van der Waals surface area (Å²) in [5.74, 6) is -1.32. The molecule has 2 aromatic rings. The summed E-state index contributed by atoms with van der Waals surface area (Å²) in [6, 6.07) is 11.7. The number of hydrogen-bond acceptors (Lipinski definition) is 6. The average Bonchev–Trinajstić information content (AvgIpc) is 3.34. The molecule has 34 heavy (non-hydrogen) atoms. The zero-order valence-electron chi connectivity index (χ0n) is 19.0. The summed E-state index contributed by atoms with van der Waals surface area (Å²) in [7, 11) is -3.84. The number of sulfonamides is 1. The molecule has 1 atom stereocenters. The van der Waals surface area contributed by atoms with Crippen molar-refractivity contribution in [2.45, 2.75) is 30.7 Å². The summed E-state index contributed by atoms with van der Waals surface area (Å²) in [6.07, 6.45) is 0.901. The molecule has 0 aromatic heterocycles. The topological polar surface area (TPSA) is 87.2 Å². The smallest absolute Gasteiger partial charge is 0.324 e. The van der Waals surface area contributed by atoms with Crippen LogP contribution in [0.4, 0.5) is 10.1 Å². The summed E-state index contributed by atoms with van der Waals surface area (Å²) >= 11 is 0. The first kappa shape index (κ1) is 24.2. The van der Waals surface area contributed by atoms with Gasteiger partial charge >= 0.3 is 5.97 Å². The number of esters is 1. The van der Waals surface area contributed by atoms with Crippen LogP contribution in [0.1, 0.15) is 18.4 Å². The Morgan fingerprint density at radius 2 is 1.62 bits per heavy atom. The number of halogens is 1. The Labute approximate surface area is 198 Å². The van der Waals surface area contributed by atoms with E-state index in [4.69, 9.17) is 4.74 Å². The van der Waals surface area contributed by atoms with Gasteiger partial charge in [-0.05, 0) is 56.2 Å². The van der Waals surface area contributed by atoms with Crippen LogP contribution < -0.4 is 4.90 Å². The lowest BCUT2D eigenvalue weighted by molar-refractivity contribution is -0.154. The highest BCUT2D eigenvalue weighted by atomic mass is 32.2. The molecule has 2 heterocycles. The SMILES string of the molecule is Cc1ccc(S(=O)(=O)N2CCCC2C(=O)OCC(=O)N2CCN(c3ccc(F)cc3)CC2)cc1. The van der Waals surface area contributed by atoms with E-state index in [-0.39, 0.29) is 23.2 Å². The predicted octanol–water partition coefficient (Wildman–Crippen LogP) is 2.18. The lowest BCUT2D eigenvalue weighted by Gasteiger charge is -2.36.